The molecule has 1 aromatic heterocycles. The van der Waals surface area contributed by atoms with Crippen LogP contribution < -0.4 is 10.4 Å². The Morgan fingerprint density at radius 1 is 1.30 bits per heavy atom. The highest BCUT2D eigenvalue weighted by molar-refractivity contribution is 5.89. The van der Waals surface area contributed by atoms with Crippen molar-refractivity contribution in [3.05, 3.63) is 33.7 Å². The Morgan fingerprint density at radius 3 is 2.70 bits per heavy atom. The van der Waals surface area contributed by atoms with Crippen LogP contribution in [0.15, 0.2) is 21.3 Å². The summed E-state index contributed by atoms with van der Waals surface area (Å²) < 4.78 is 15.9. The minimum atomic E-state index is -0.496. The van der Waals surface area contributed by atoms with E-state index in [4.69, 9.17) is 13.9 Å². The van der Waals surface area contributed by atoms with Gasteiger partial charge in [0, 0.05) is 31.2 Å². The van der Waals surface area contributed by atoms with Gasteiger partial charge in [0.25, 0.3) is 0 Å². The second kappa shape index (κ2) is 7.28. The van der Waals surface area contributed by atoms with Gasteiger partial charge in [-0.05, 0) is 25.8 Å². The third kappa shape index (κ3) is 3.90. The van der Waals surface area contributed by atoms with Gasteiger partial charge in [-0.3, -0.25) is 0 Å². The number of carbonyl (C=O) groups excluding carboxylic acids is 1. The summed E-state index contributed by atoms with van der Waals surface area (Å²) in [6.07, 6.45) is 0.590. The lowest BCUT2D eigenvalue weighted by molar-refractivity contribution is -0.116. The number of fused-ring (bicyclic) bond motifs is 1. The molecule has 0 saturated heterocycles. The lowest BCUT2D eigenvalue weighted by Crippen LogP contribution is -2.12. The first-order valence-corrected chi connectivity index (χ1v) is 7.34. The summed E-state index contributed by atoms with van der Waals surface area (Å²) in [5.41, 5.74) is 0.913. The molecule has 1 aromatic carbocycles. The van der Waals surface area contributed by atoms with Gasteiger partial charge in [0.1, 0.15) is 29.5 Å². The predicted molar refractivity (Wildman–Crippen MR) is 85.3 cm³/mol. The Hall–Kier alpha value is -2.34. The van der Waals surface area contributed by atoms with Crippen LogP contribution in [0.25, 0.3) is 11.0 Å². The number of aryl methyl sites for hydroxylation is 1. The Kier molecular flexibility index (Phi) is 5.39. The van der Waals surface area contributed by atoms with Crippen molar-refractivity contribution in [2.45, 2.75) is 26.7 Å². The van der Waals surface area contributed by atoms with Crippen LogP contribution in [0.3, 0.4) is 0 Å². The molecule has 0 radical (unpaired) electrons. The molecule has 6 heteroatoms. The van der Waals surface area contributed by atoms with Gasteiger partial charge >= 0.3 is 5.63 Å². The molecular weight excluding hydrogens is 300 g/mol. The van der Waals surface area contributed by atoms with E-state index in [0.29, 0.717) is 41.9 Å². The lowest BCUT2D eigenvalue weighted by atomic mass is 10.0. The number of rotatable bonds is 7. The maximum absolute atomic E-state index is 12.1. The van der Waals surface area contributed by atoms with Crippen LogP contribution in [-0.4, -0.2) is 31.2 Å². The van der Waals surface area contributed by atoms with Crippen LogP contribution in [0.5, 0.6) is 11.5 Å². The van der Waals surface area contributed by atoms with Crippen LogP contribution in [0, 0.1) is 6.92 Å². The molecule has 2 aromatic rings. The number of phenols is 1. The summed E-state index contributed by atoms with van der Waals surface area (Å²) >= 11 is 0. The number of ether oxygens (including phenoxy) is 2. The van der Waals surface area contributed by atoms with Crippen molar-refractivity contribution in [2.24, 2.45) is 0 Å². The highest BCUT2D eigenvalue weighted by Crippen LogP contribution is 2.33. The van der Waals surface area contributed by atoms with Crippen molar-refractivity contribution >= 4 is 16.8 Å². The van der Waals surface area contributed by atoms with Gasteiger partial charge in [-0.1, -0.05) is 0 Å². The van der Waals surface area contributed by atoms with E-state index in [2.05, 4.69) is 0 Å². The quantitative estimate of drug-likeness (QED) is 0.622. The maximum atomic E-state index is 12.1. The molecule has 0 atom stereocenters. The number of ketones is 1. The SMILES string of the molecule is COCCOc1cc(O)cc2oc(=O)c(CCC(C)=O)c(C)c12. The molecule has 6 nitrogen and oxygen atoms in total. The molecule has 0 saturated carbocycles. The number of carbonyl (C=O) groups is 1. The Balaban J connectivity index is 2.55. The van der Waals surface area contributed by atoms with Gasteiger partial charge in [0.05, 0.1) is 12.0 Å². The molecule has 1 N–H and O–H groups in total. The van der Waals surface area contributed by atoms with Crippen LogP contribution in [0.1, 0.15) is 24.5 Å². The molecular formula is C17H20O6. The van der Waals surface area contributed by atoms with E-state index in [-0.39, 0.29) is 23.5 Å². The van der Waals surface area contributed by atoms with Gasteiger partial charge in [-0.25, -0.2) is 4.79 Å². The number of aromatic hydroxyl groups is 1. The fourth-order valence-corrected chi connectivity index (χ4v) is 2.43. The van der Waals surface area contributed by atoms with E-state index in [1.165, 1.54) is 19.1 Å². The lowest BCUT2D eigenvalue weighted by Gasteiger charge is -2.13. The second-order valence-electron chi connectivity index (χ2n) is 5.35. The zero-order valence-electron chi connectivity index (χ0n) is 13.5. The van der Waals surface area contributed by atoms with Gasteiger partial charge in [0.15, 0.2) is 0 Å². The Labute approximate surface area is 133 Å². The van der Waals surface area contributed by atoms with E-state index in [1.54, 1.807) is 14.0 Å². The summed E-state index contributed by atoms with van der Waals surface area (Å²) in [4.78, 5) is 23.3. The molecule has 2 rings (SSSR count). The molecule has 23 heavy (non-hydrogen) atoms. The molecule has 0 bridgehead atoms. The number of hydrogen-bond donors (Lipinski definition) is 1. The molecule has 0 unspecified atom stereocenters. The average Bonchev–Trinajstić information content (AvgIpc) is 2.46. The van der Waals surface area contributed by atoms with Crippen molar-refractivity contribution in [1.82, 2.24) is 0 Å². The van der Waals surface area contributed by atoms with Crippen molar-refractivity contribution in [1.29, 1.82) is 0 Å². The normalized spacial score (nSPS) is 10.9. The highest BCUT2D eigenvalue weighted by Gasteiger charge is 2.17. The van der Waals surface area contributed by atoms with Crippen LogP contribution in [-0.2, 0) is 16.0 Å². The van der Waals surface area contributed by atoms with Gasteiger partial charge < -0.3 is 23.8 Å². The summed E-state index contributed by atoms with van der Waals surface area (Å²) in [7, 11) is 1.56. The standard InChI is InChI=1S/C17H20O6/c1-10(18)4-5-13-11(2)16-14(22-7-6-21-3)8-12(19)9-15(16)23-17(13)20/h8-9,19H,4-7H2,1-3H3. The number of methoxy groups -OCH3 is 1. The molecule has 1 heterocycles. The fraction of sp³-hybridized carbons (Fsp3) is 0.412. The first-order chi connectivity index (χ1) is 10.9. The van der Waals surface area contributed by atoms with Crippen molar-refractivity contribution < 1.29 is 23.8 Å². The van der Waals surface area contributed by atoms with E-state index in [0.717, 1.165) is 0 Å². The first kappa shape index (κ1) is 17.0. The molecule has 0 fully saturated rings. The third-order valence-electron chi connectivity index (χ3n) is 3.60. The van der Waals surface area contributed by atoms with Gasteiger partial charge in [0.2, 0.25) is 0 Å². The number of hydrogen-bond acceptors (Lipinski definition) is 6. The molecule has 0 aliphatic carbocycles. The fourth-order valence-electron chi connectivity index (χ4n) is 2.43. The third-order valence-corrected chi connectivity index (χ3v) is 3.60. The molecule has 0 spiro atoms. The van der Waals surface area contributed by atoms with Crippen LogP contribution in [0.4, 0.5) is 0 Å². The molecule has 124 valence electrons. The van der Waals surface area contributed by atoms with Gasteiger partial charge in [-0.15, -0.1) is 0 Å². The number of benzene rings is 1. The average molecular weight is 320 g/mol. The monoisotopic (exact) mass is 320 g/mol. The molecule has 0 aliphatic rings. The van der Waals surface area contributed by atoms with E-state index in [1.807, 2.05) is 0 Å². The first-order valence-electron chi connectivity index (χ1n) is 7.34. The number of phenolic OH excluding ortho intramolecular Hbond substituents is 1. The zero-order valence-corrected chi connectivity index (χ0v) is 13.5. The van der Waals surface area contributed by atoms with E-state index in [9.17, 15) is 14.7 Å². The van der Waals surface area contributed by atoms with Crippen LogP contribution in [0.2, 0.25) is 0 Å². The Bertz CT molecular complexity index is 775. The van der Waals surface area contributed by atoms with Crippen molar-refractivity contribution in [3.63, 3.8) is 0 Å². The topological polar surface area (TPSA) is 86.0 Å². The van der Waals surface area contributed by atoms with Crippen molar-refractivity contribution in [3.8, 4) is 11.5 Å². The largest absolute Gasteiger partial charge is 0.508 e. The highest BCUT2D eigenvalue weighted by atomic mass is 16.5. The van der Waals surface area contributed by atoms with E-state index < -0.39 is 5.63 Å². The van der Waals surface area contributed by atoms with Gasteiger partial charge in [-0.2, -0.15) is 0 Å². The van der Waals surface area contributed by atoms with Crippen molar-refractivity contribution in [2.75, 3.05) is 20.3 Å². The molecule has 0 aliphatic heterocycles. The predicted octanol–water partition coefficient (Wildman–Crippen LogP) is 2.35. The van der Waals surface area contributed by atoms with Crippen LogP contribution >= 0.6 is 0 Å². The summed E-state index contributed by atoms with van der Waals surface area (Å²) in [6.45, 7) is 3.96. The summed E-state index contributed by atoms with van der Waals surface area (Å²) in [5, 5.41) is 10.4. The smallest absolute Gasteiger partial charge is 0.339 e. The summed E-state index contributed by atoms with van der Waals surface area (Å²) in [6, 6.07) is 2.85. The summed E-state index contributed by atoms with van der Waals surface area (Å²) in [5.74, 6) is 0.373. The second-order valence-corrected chi connectivity index (χ2v) is 5.35. The maximum Gasteiger partial charge on any atom is 0.339 e. The number of Topliss-reactive ketones (excluding diaryl/α,β-unsaturated/α-hetero) is 1. The minimum Gasteiger partial charge on any atom is -0.508 e. The minimum absolute atomic E-state index is 0.00571. The zero-order chi connectivity index (χ0) is 17.0. The Morgan fingerprint density at radius 2 is 2.04 bits per heavy atom. The van der Waals surface area contributed by atoms with E-state index >= 15 is 0 Å². The molecule has 0 amide bonds.